The van der Waals surface area contributed by atoms with Gasteiger partial charge < -0.3 is 10.6 Å². The maximum Gasteiger partial charge on any atom is 0.251 e. The van der Waals surface area contributed by atoms with Crippen molar-refractivity contribution in [2.45, 2.75) is 33.7 Å². The van der Waals surface area contributed by atoms with Crippen LogP contribution >= 0.6 is 11.3 Å². The van der Waals surface area contributed by atoms with Crippen molar-refractivity contribution < 1.29 is 9.59 Å². The molecule has 1 heterocycles. The first-order chi connectivity index (χ1) is 10.9. The summed E-state index contributed by atoms with van der Waals surface area (Å²) >= 11 is 1.41. The molecule has 1 atom stereocenters. The van der Waals surface area contributed by atoms with Gasteiger partial charge in [0.15, 0.2) is 5.13 Å². The van der Waals surface area contributed by atoms with E-state index in [9.17, 15) is 9.59 Å². The average molecular weight is 331 g/mol. The summed E-state index contributed by atoms with van der Waals surface area (Å²) in [6.07, 6.45) is 1.70. The molecule has 0 aliphatic heterocycles. The molecule has 2 aromatic rings. The van der Waals surface area contributed by atoms with Gasteiger partial charge in [0, 0.05) is 16.6 Å². The Bertz CT molecular complexity index is 709. The van der Waals surface area contributed by atoms with Crippen molar-refractivity contribution in [3.63, 3.8) is 0 Å². The lowest BCUT2D eigenvalue weighted by Gasteiger charge is -2.21. The highest BCUT2D eigenvalue weighted by Crippen LogP contribution is 2.17. The predicted octanol–water partition coefficient (Wildman–Crippen LogP) is 3.15. The number of aryl methyl sites for hydroxylation is 2. The molecule has 0 unspecified atom stereocenters. The Kier molecular flexibility index (Phi) is 5.50. The van der Waals surface area contributed by atoms with E-state index in [4.69, 9.17) is 0 Å². The second-order valence-electron chi connectivity index (χ2n) is 5.83. The van der Waals surface area contributed by atoms with Gasteiger partial charge in [-0.15, -0.1) is 11.3 Å². The molecule has 0 radical (unpaired) electrons. The van der Waals surface area contributed by atoms with E-state index in [2.05, 4.69) is 15.6 Å². The van der Waals surface area contributed by atoms with Crippen LogP contribution in [0.15, 0.2) is 30.5 Å². The summed E-state index contributed by atoms with van der Waals surface area (Å²) in [4.78, 5) is 29.9. The van der Waals surface area contributed by atoms with Crippen molar-refractivity contribution in [2.24, 2.45) is 5.92 Å². The second kappa shape index (κ2) is 7.37. The summed E-state index contributed by atoms with van der Waals surface area (Å²) in [6, 6.07) is 6.67. The summed E-state index contributed by atoms with van der Waals surface area (Å²) in [5, 5.41) is 6.12. The molecule has 0 saturated carbocycles. The number of nitrogens with zero attached hydrogens (tertiary/aromatic N) is 1. The molecule has 1 aromatic carbocycles. The molecule has 23 heavy (non-hydrogen) atoms. The number of amides is 2. The number of carbonyl (C=O) groups excluding carboxylic acids is 2. The first-order valence-electron chi connectivity index (χ1n) is 7.47. The fourth-order valence-corrected chi connectivity index (χ4v) is 2.81. The van der Waals surface area contributed by atoms with Gasteiger partial charge in [0.1, 0.15) is 6.04 Å². The van der Waals surface area contributed by atoms with Crippen LogP contribution in [0.25, 0.3) is 0 Å². The number of carbonyl (C=O) groups is 2. The zero-order valence-corrected chi connectivity index (χ0v) is 14.5. The number of nitrogens with one attached hydrogen (secondary N) is 2. The summed E-state index contributed by atoms with van der Waals surface area (Å²) in [6.45, 7) is 7.64. The topological polar surface area (TPSA) is 71.1 Å². The molecular weight excluding hydrogens is 310 g/mol. The number of hydrogen-bond acceptors (Lipinski definition) is 4. The van der Waals surface area contributed by atoms with Gasteiger partial charge in [-0.2, -0.15) is 0 Å². The van der Waals surface area contributed by atoms with Crippen LogP contribution in [0.4, 0.5) is 5.13 Å². The van der Waals surface area contributed by atoms with E-state index < -0.39 is 6.04 Å². The number of anilines is 1. The Labute approximate surface area is 140 Å². The third-order valence-corrected chi connectivity index (χ3v) is 4.20. The van der Waals surface area contributed by atoms with Crippen LogP contribution < -0.4 is 10.6 Å². The van der Waals surface area contributed by atoms with Crippen molar-refractivity contribution in [1.29, 1.82) is 0 Å². The maximum absolute atomic E-state index is 12.4. The summed E-state index contributed by atoms with van der Waals surface area (Å²) in [5.41, 5.74) is 1.55. The molecule has 2 N–H and O–H groups in total. The third-order valence-electron chi connectivity index (χ3n) is 3.37. The zero-order valence-electron chi connectivity index (χ0n) is 13.7. The van der Waals surface area contributed by atoms with Gasteiger partial charge in [-0.1, -0.05) is 31.5 Å². The molecule has 122 valence electrons. The molecule has 2 amide bonds. The van der Waals surface area contributed by atoms with Crippen molar-refractivity contribution in [3.8, 4) is 0 Å². The van der Waals surface area contributed by atoms with Crippen molar-refractivity contribution >= 4 is 28.3 Å². The minimum Gasteiger partial charge on any atom is -0.340 e. The van der Waals surface area contributed by atoms with Crippen LogP contribution in [-0.4, -0.2) is 22.8 Å². The van der Waals surface area contributed by atoms with E-state index in [1.54, 1.807) is 18.3 Å². The first kappa shape index (κ1) is 17.1. The molecule has 1 aromatic heterocycles. The van der Waals surface area contributed by atoms with Gasteiger partial charge >= 0.3 is 0 Å². The zero-order chi connectivity index (χ0) is 17.0. The lowest BCUT2D eigenvalue weighted by Crippen LogP contribution is -2.47. The van der Waals surface area contributed by atoms with E-state index in [0.717, 1.165) is 10.4 Å². The van der Waals surface area contributed by atoms with Gasteiger partial charge in [-0.3, -0.25) is 9.59 Å². The molecule has 0 saturated heterocycles. The van der Waals surface area contributed by atoms with E-state index in [0.29, 0.717) is 10.7 Å². The standard InChI is InChI=1S/C17H21N3O2S/c1-10(2)14(16(22)20-17-18-9-12(4)23-17)19-15(21)13-7-5-6-11(3)8-13/h5-10,14H,1-4H3,(H,19,21)(H,18,20,22)/t14-/m0/s1. The molecule has 5 nitrogen and oxygen atoms in total. The normalized spacial score (nSPS) is 12.0. The SMILES string of the molecule is Cc1cccc(C(=O)N[C@H](C(=O)Nc2ncc(C)s2)C(C)C)c1. The summed E-state index contributed by atoms with van der Waals surface area (Å²) < 4.78 is 0. The molecule has 0 bridgehead atoms. The van der Waals surface area contributed by atoms with Crippen LogP contribution in [0.2, 0.25) is 0 Å². The predicted molar refractivity (Wildman–Crippen MR) is 92.8 cm³/mol. The van der Waals surface area contributed by atoms with Crippen molar-refractivity contribution in [3.05, 3.63) is 46.5 Å². The quantitative estimate of drug-likeness (QED) is 0.884. The van der Waals surface area contributed by atoms with E-state index in [1.807, 2.05) is 39.8 Å². The Morgan fingerprint density at radius 2 is 1.96 bits per heavy atom. The molecule has 0 aliphatic carbocycles. The van der Waals surface area contributed by atoms with E-state index in [1.165, 1.54) is 11.3 Å². The van der Waals surface area contributed by atoms with Crippen LogP contribution in [-0.2, 0) is 4.79 Å². The smallest absolute Gasteiger partial charge is 0.251 e. The highest BCUT2D eigenvalue weighted by Gasteiger charge is 2.25. The average Bonchev–Trinajstić information content (AvgIpc) is 2.89. The summed E-state index contributed by atoms with van der Waals surface area (Å²) in [7, 11) is 0. The van der Waals surface area contributed by atoms with E-state index >= 15 is 0 Å². The van der Waals surface area contributed by atoms with Gasteiger partial charge in [0.05, 0.1) is 0 Å². The number of benzene rings is 1. The molecule has 0 aliphatic rings. The van der Waals surface area contributed by atoms with Crippen LogP contribution in [0.3, 0.4) is 0 Å². The maximum atomic E-state index is 12.4. The molecule has 2 rings (SSSR count). The van der Waals surface area contributed by atoms with E-state index in [-0.39, 0.29) is 17.7 Å². The lowest BCUT2D eigenvalue weighted by molar-refractivity contribution is -0.118. The molecule has 0 spiro atoms. The van der Waals surface area contributed by atoms with Gasteiger partial charge in [0.25, 0.3) is 5.91 Å². The van der Waals surface area contributed by atoms with Crippen LogP contribution in [0.5, 0.6) is 0 Å². The van der Waals surface area contributed by atoms with Crippen molar-refractivity contribution in [1.82, 2.24) is 10.3 Å². The molecule has 0 fully saturated rings. The Balaban J connectivity index is 2.09. The lowest BCUT2D eigenvalue weighted by atomic mass is 10.0. The molecular formula is C17H21N3O2S. The van der Waals surface area contributed by atoms with Crippen LogP contribution in [0.1, 0.15) is 34.6 Å². The minimum absolute atomic E-state index is 0.0372. The Morgan fingerprint density at radius 3 is 2.52 bits per heavy atom. The number of hydrogen-bond donors (Lipinski definition) is 2. The number of thiazole rings is 1. The number of aromatic nitrogens is 1. The molecule has 6 heteroatoms. The first-order valence-corrected chi connectivity index (χ1v) is 8.29. The third kappa shape index (κ3) is 4.63. The van der Waals surface area contributed by atoms with Gasteiger partial charge in [0.2, 0.25) is 5.91 Å². The summed E-state index contributed by atoms with van der Waals surface area (Å²) in [5.74, 6) is -0.543. The fraction of sp³-hybridized carbons (Fsp3) is 0.353. The largest absolute Gasteiger partial charge is 0.340 e. The second-order valence-corrected chi connectivity index (χ2v) is 7.06. The monoisotopic (exact) mass is 331 g/mol. The highest BCUT2D eigenvalue weighted by molar-refractivity contribution is 7.15. The number of rotatable bonds is 5. The Hall–Kier alpha value is -2.21. The van der Waals surface area contributed by atoms with Gasteiger partial charge in [-0.25, -0.2) is 4.98 Å². The highest BCUT2D eigenvalue weighted by atomic mass is 32.1. The van der Waals surface area contributed by atoms with Crippen molar-refractivity contribution in [2.75, 3.05) is 5.32 Å². The van der Waals surface area contributed by atoms with Gasteiger partial charge in [-0.05, 0) is 31.9 Å². The van der Waals surface area contributed by atoms with Crippen LogP contribution in [0, 0.1) is 19.8 Å². The Morgan fingerprint density at radius 1 is 1.22 bits per heavy atom. The fourth-order valence-electron chi connectivity index (χ4n) is 2.14. The minimum atomic E-state index is -0.618.